The van der Waals surface area contributed by atoms with Gasteiger partial charge in [-0.2, -0.15) is 0 Å². The van der Waals surface area contributed by atoms with Crippen LogP contribution in [0.1, 0.15) is 20.7 Å². The third-order valence-electron chi connectivity index (χ3n) is 2.96. The fourth-order valence-electron chi connectivity index (χ4n) is 1.85. The minimum absolute atomic E-state index is 0.0411. The summed E-state index contributed by atoms with van der Waals surface area (Å²) in [5, 5.41) is 14.1. The summed E-state index contributed by atoms with van der Waals surface area (Å²) in [5.41, 5.74) is -0.200. The number of anilines is 1. The number of nitrogens with one attached hydrogen (secondary N) is 1. The first-order chi connectivity index (χ1) is 10.9. The molecule has 0 saturated heterocycles. The van der Waals surface area contributed by atoms with Gasteiger partial charge < -0.3 is 10.1 Å². The van der Waals surface area contributed by atoms with Crippen molar-refractivity contribution >= 4 is 34.9 Å². The van der Waals surface area contributed by atoms with E-state index in [1.165, 1.54) is 13.2 Å². The summed E-state index contributed by atoms with van der Waals surface area (Å²) in [7, 11) is 1.18. The monoisotopic (exact) mass is 334 g/mol. The molecule has 2 rings (SSSR count). The normalized spacial score (nSPS) is 10.0. The SMILES string of the molecule is COC(=O)c1ccc([N+](=O)[O-])c(C(=O)Nc2ccc(Cl)cc2)c1. The van der Waals surface area contributed by atoms with Crippen LogP contribution in [-0.4, -0.2) is 23.9 Å². The Hall–Kier alpha value is -2.93. The summed E-state index contributed by atoms with van der Waals surface area (Å²) < 4.78 is 4.55. The maximum atomic E-state index is 12.3. The van der Waals surface area contributed by atoms with Gasteiger partial charge in [-0.15, -0.1) is 0 Å². The van der Waals surface area contributed by atoms with Gasteiger partial charge in [0, 0.05) is 16.8 Å². The quantitative estimate of drug-likeness (QED) is 0.525. The maximum absolute atomic E-state index is 12.3. The number of nitro benzene ring substituents is 1. The van der Waals surface area contributed by atoms with E-state index in [0.717, 1.165) is 12.1 Å². The van der Waals surface area contributed by atoms with Crippen LogP contribution in [0.5, 0.6) is 0 Å². The second kappa shape index (κ2) is 6.89. The zero-order chi connectivity index (χ0) is 17.0. The van der Waals surface area contributed by atoms with Crippen molar-refractivity contribution in [3.8, 4) is 0 Å². The number of methoxy groups -OCH3 is 1. The molecular weight excluding hydrogens is 324 g/mol. The number of hydrogen-bond donors (Lipinski definition) is 1. The van der Waals surface area contributed by atoms with Crippen molar-refractivity contribution in [2.24, 2.45) is 0 Å². The lowest BCUT2D eigenvalue weighted by Crippen LogP contribution is -2.15. The molecule has 0 aliphatic heterocycles. The van der Waals surface area contributed by atoms with E-state index in [1.807, 2.05) is 0 Å². The molecular formula is C15H11ClN2O5. The number of rotatable bonds is 4. The van der Waals surface area contributed by atoms with Crippen LogP contribution in [-0.2, 0) is 4.74 Å². The number of carbonyl (C=O) groups excluding carboxylic acids is 2. The molecule has 0 spiro atoms. The number of esters is 1. The molecule has 7 nitrogen and oxygen atoms in total. The molecule has 0 heterocycles. The van der Waals surface area contributed by atoms with Gasteiger partial charge in [0.25, 0.3) is 11.6 Å². The summed E-state index contributed by atoms with van der Waals surface area (Å²) in [5.74, 6) is -1.41. The van der Waals surface area contributed by atoms with Crippen molar-refractivity contribution in [2.45, 2.75) is 0 Å². The fourth-order valence-corrected chi connectivity index (χ4v) is 1.98. The topological polar surface area (TPSA) is 98.5 Å². The van der Waals surface area contributed by atoms with E-state index in [4.69, 9.17) is 11.6 Å². The molecule has 0 aromatic heterocycles. The molecule has 118 valence electrons. The zero-order valence-corrected chi connectivity index (χ0v) is 12.7. The fraction of sp³-hybridized carbons (Fsp3) is 0.0667. The largest absolute Gasteiger partial charge is 0.465 e. The standard InChI is InChI=1S/C15H11ClN2O5/c1-23-15(20)9-2-7-13(18(21)22)12(8-9)14(19)17-11-5-3-10(16)4-6-11/h2-8H,1H3,(H,17,19). The van der Waals surface area contributed by atoms with Crippen molar-refractivity contribution < 1.29 is 19.2 Å². The van der Waals surface area contributed by atoms with Crippen LogP contribution in [0.4, 0.5) is 11.4 Å². The summed E-state index contributed by atoms with van der Waals surface area (Å²) in [6.45, 7) is 0. The number of hydrogen-bond acceptors (Lipinski definition) is 5. The maximum Gasteiger partial charge on any atom is 0.337 e. The molecule has 0 saturated carbocycles. The van der Waals surface area contributed by atoms with Crippen LogP contribution in [0, 0.1) is 10.1 Å². The molecule has 1 N–H and O–H groups in total. The number of nitrogens with zero attached hydrogens (tertiary/aromatic N) is 1. The Morgan fingerprint density at radius 2 is 1.83 bits per heavy atom. The molecule has 0 unspecified atom stereocenters. The number of benzene rings is 2. The highest BCUT2D eigenvalue weighted by molar-refractivity contribution is 6.30. The molecule has 2 aromatic carbocycles. The highest BCUT2D eigenvalue weighted by Gasteiger charge is 2.22. The first-order valence-electron chi connectivity index (χ1n) is 6.36. The Balaban J connectivity index is 2.38. The van der Waals surface area contributed by atoms with Gasteiger partial charge in [-0.1, -0.05) is 11.6 Å². The Morgan fingerprint density at radius 1 is 1.17 bits per heavy atom. The van der Waals surface area contributed by atoms with Gasteiger partial charge in [-0.25, -0.2) is 4.79 Å². The molecule has 2 aromatic rings. The van der Waals surface area contributed by atoms with Crippen LogP contribution < -0.4 is 5.32 Å². The van der Waals surface area contributed by atoms with Gasteiger partial charge in [-0.3, -0.25) is 14.9 Å². The van der Waals surface area contributed by atoms with Crippen LogP contribution in [0.15, 0.2) is 42.5 Å². The minimum atomic E-state index is -0.718. The number of ether oxygens (including phenoxy) is 1. The number of carbonyl (C=O) groups is 2. The highest BCUT2D eigenvalue weighted by atomic mass is 35.5. The molecule has 8 heteroatoms. The van der Waals surface area contributed by atoms with E-state index in [1.54, 1.807) is 24.3 Å². The summed E-state index contributed by atoms with van der Waals surface area (Å²) in [4.78, 5) is 34.2. The minimum Gasteiger partial charge on any atom is -0.465 e. The second-order valence-electron chi connectivity index (χ2n) is 4.44. The molecule has 0 fully saturated rings. The van der Waals surface area contributed by atoms with Gasteiger partial charge in [0.2, 0.25) is 0 Å². The third kappa shape index (κ3) is 3.83. The first-order valence-corrected chi connectivity index (χ1v) is 6.74. The smallest absolute Gasteiger partial charge is 0.337 e. The first kappa shape index (κ1) is 16.4. The predicted molar refractivity (Wildman–Crippen MR) is 83.8 cm³/mol. The Labute approximate surface area is 136 Å². The van der Waals surface area contributed by atoms with Crippen LogP contribution >= 0.6 is 11.6 Å². The van der Waals surface area contributed by atoms with Crippen molar-refractivity contribution in [3.63, 3.8) is 0 Å². The molecule has 0 bridgehead atoms. The van der Waals surface area contributed by atoms with Crippen LogP contribution in [0.25, 0.3) is 0 Å². The van der Waals surface area contributed by atoms with Gasteiger partial charge in [0.15, 0.2) is 0 Å². The second-order valence-corrected chi connectivity index (χ2v) is 4.88. The van der Waals surface area contributed by atoms with E-state index < -0.39 is 22.5 Å². The molecule has 0 aliphatic rings. The molecule has 0 aliphatic carbocycles. The van der Waals surface area contributed by atoms with Crippen molar-refractivity contribution in [2.75, 3.05) is 12.4 Å². The van der Waals surface area contributed by atoms with Gasteiger partial charge in [0.05, 0.1) is 17.6 Å². The predicted octanol–water partition coefficient (Wildman–Crippen LogP) is 3.29. The van der Waals surface area contributed by atoms with Crippen molar-refractivity contribution in [3.05, 3.63) is 68.7 Å². The lowest BCUT2D eigenvalue weighted by Gasteiger charge is -2.07. The lowest BCUT2D eigenvalue weighted by molar-refractivity contribution is -0.385. The molecule has 1 amide bonds. The van der Waals surface area contributed by atoms with Crippen molar-refractivity contribution in [1.29, 1.82) is 0 Å². The lowest BCUT2D eigenvalue weighted by atomic mass is 10.1. The van der Waals surface area contributed by atoms with E-state index in [2.05, 4.69) is 10.1 Å². The Kier molecular flexibility index (Phi) is 4.92. The molecule has 0 atom stereocenters. The molecule has 0 radical (unpaired) electrons. The number of amides is 1. The van der Waals surface area contributed by atoms with E-state index in [9.17, 15) is 19.7 Å². The van der Waals surface area contributed by atoms with E-state index in [0.29, 0.717) is 10.7 Å². The van der Waals surface area contributed by atoms with Crippen LogP contribution in [0.3, 0.4) is 0 Å². The van der Waals surface area contributed by atoms with E-state index in [-0.39, 0.29) is 11.1 Å². The average molecular weight is 335 g/mol. The van der Waals surface area contributed by atoms with Gasteiger partial charge >= 0.3 is 5.97 Å². The Bertz CT molecular complexity index is 774. The van der Waals surface area contributed by atoms with Crippen LogP contribution in [0.2, 0.25) is 5.02 Å². The average Bonchev–Trinajstić information content (AvgIpc) is 2.55. The summed E-state index contributed by atoms with van der Waals surface area (Å²) in [6, 6.07) is 9.67. The number of halogens is 1. The summed E-state index contributed by atoms with van der Waals surface area (Å²) in [6.07, 6.45) is 0. The van der Waals surface area contributed by atoms with Crippen molar-refractivity contribution in [1.82, 2.24) is 0 Å². The van der Waals surface area contributed by atoms with Gasteiger partial charge in [0.1, 0.15) is 5.56 Å². The third-order valence-corrected chi connectivity index (χ3v) is 3.21. The molecule has 23 heavy (non-hydrogen) atoms. The zero-order valence-electron chi connectivity index (χ0n) is 11.9. The summed E-state index contributed by atoms with van der Waals surface area (Å²) >= 11 is 5.75. The van der Waals surface area contributed by atoms with Gasteiger partial charge in [-0.05, 0) is 36.4 Å². The highest BCUT2D eigenvalue weighted by Crippen LogP contribution is 2.22. The van der Waals surface area contributed by atoms with E-state index >= 15 is 0 Å². The Morgan fingerprint density at radius 3 is 2.39 bits per heavy atom. The number of nitro groups is 1.